The van der Waals surface area contributed by atoms with Crippen LogP contribution in [0.15, 0.2) is 53.7 Å². The number of ether oxygens (including phenoxy) is 1. The number of halogens is 3. The topological polar surface area (TPSA) is 124 Å². The summed E-state index contributed by atoms with van der Waals surface area (Å²) in [6.45, 7) is -0.836. The van der Waals surface area contributed by atoms with E-state index in [1.807, 2.05) is 5.32 Å². The standard InChI is InChI=1S/C19H13F3N4O5S/c20-19(21,22)12-7-11(26(29)30)5-6-13(12)24-16(27)9-31-18(28)10-32-17-8-23-14-3-1-2-4-15(14)25-17/h1-8H,9-10H2,(H,24,27). The third-order valence-electron chi connectivity index (χ3n) is 3.92. The number of non-ortho nitro benzene ring substituents is 1. The normalized spacial score (nSPS) is 11.2. The van der Waals surface area contributed by atoms with Crippen LogP contribution in [-0.2, 0) is 20.5 Å². The number of nitrogens with one attached hydrogen (secondary N) is 1. The highest BCUT2D eigenvalue weighted by molar-refractivity contribution is 7.99. The Bertz CT molecular complexity index is 1190. The summed E-state index contributed by atoms with van der Waals surface area (Å²) in [5.74, 6) is -2.03. The first kappa shape index (κ1) is 22.9. The molecule has 32 heavy (non-hydrogen) atoms. The number of nitro benzene ring substituents is 1. The van der Waals surface area contributed by atoms with E-state index < -0.39 is 46.5 Å². The van der Waals surface area contributed by atoms with E-state index in [1.165, 1.54) is 6.20 Å². The number of aromatic nitrogens is 2. The quantitative estimate of drug-likeness (QED) is 0.241. The number of alkyl halides is 3. The lowest BCUT2D eigenvalue weighted by Crippen LogP contribution is -2.23. The molecule has 1 amide bonds. The maximum absolute atomic E-state index is 13.1. The highest BCUT2D eigenvalue weighted by atomic mass is 32.2. The van der Waals surface area contributed by atoms with Crippen LogP contribution in [0.3, 0.4) is 0 Å². The Kier molecular flexibility index (Phi) is 6.88. The van der Waals surface area contributed by atoms with Gasteiger partial charge in [0.15, 0.2) is 6.61 Å². The smallest absolute Gasteiger partial charge is 0.418 e. The van der Waals surface area contributed by atoms with Gasteiger partial charge in [0, 0.05) is 12.1 Å². The van der Waals surface area contributed by atoms with E-state index in [0.717, 1.165) is 23.9 Å². The number of nitro groups is 1. The molecule has 0 aliphatic rings. The molecule has 3 aromatic rings. The summed E-state index contributed by atoms with van der Waals surface area (Å²) in [4.78, 5) is 42.0. The third kappa shape index (κ3) is 5.91. The number of anilines is 1. The number of benzene rings is 2. The zero-order valence-electron chi connectivity index (χ0n) is 16.0. The summed E-state index contributed by atoms with van der Waals surface area (Å²) < 4.78 is 44.2. The van der Waals surface area contributed by atoms with Crippen molar-refractivity contribution < 1.29 is 32.4 Å². The van der Waals surface area contributed by atoms with Crippen molar-refractivity contribution in [2.75, 3.05) is 17.7 Å². The van der Waals surface area contributed by atoms with Gasteiger partial charge in [0.1, 0.15) is 5.03 Å². The second-order valence-electron chi connectivity index (χ2n) is 6.18. The fourth-order valence-corrected chi connectivity index (χ4v) is 3.15. The summed E-state index contributed by atoms with van der Waals surface area (Å²) in [7, 11) is 0. The van der Waals surface area contributed by atoms with Crippen LogP contribution in [0.1, 0.15) is 5.56 Å². The lowest BCUT2D eigenvalue weighted by atomic mass is 10.1. The first-order valence-corrected chi connectivity index (χ1v) is 9.78. The molecule has 1 N–H and O–H groups in total. The Morgan fingerprint density at radius 3 is 2.56 bits per heavy atom. The van der Waals surface area contributed by atoms with Crippen LogP contribution in [0.2, 0.25) is 0 Å². The van der Waals surface area contributed by atoms with E-state index in [9.17, 15) is 32.9 Å². The van der Waals surface area contributed by atoms with Crippen molar-refractivity contribution in [1.29, 1.82) is 0 Å². The molecule has 9 nitrogen and oxygen atoms in total. The number of amides is 1. The van der Waals surface area contributed by atoms with Crippen molar-refractivity contribution >= 4 is 46.0 Å². The Morgan fingerprint density at radius 1 is 1.16 bits per heavy atom. The monoisotopic (exact) mass is 466 g/mol. The van der Waals surface area contributed by atoms with Gasteiger partial charge in [-0.15, -0.1) is 0 Å². The molecule has 0 unspecified atom stereocenters. The first-order valence-electron chi connectivity index (χ1n) is 8.79. The summed E-state index contributed by atoms with van der Waals surface area (Å²) in [5, 5.41) is 13.1. The van der Waals surface area contributed by atoms with Crippen LogP contribution >= 0.6 is 11.8 Å². The third-order valence-corrected chi connectivity index (χ3v) is 4.79. The second kappa shape index (κ2) is 9.60. The van der Waals surface area contributed by atoms with Gasteiger partial charge in [-0.1, -0.05) is 23.9 Å². The largest absolute Gasteiger partial charge is 0.455 e. The number of nitrogens with zero attached hydrogens (tertiary/aromatic N) is 3. The van der Waals surface area contributed by atoms with Crippen molar-refractivity contribution in [2.45, 2.75) is 11.2 Å². The predicted molar refractivity (Wildman–Crippen MR) is 108 cm³/mol. The van der Waals surface area contributed by atoms with Crippen molar-refractivity contribution in [2.24, 2.45) is 0 Å². The van der Waals surface area contributed by atoms with E-state index in [1.54, 1.807) is 24.3 Å². The number of rotatable bonds is 7. The average Bonchev–Trinajstić information content (AvgIpc) is 2.75. The molecule has 166 valence electrons. The summed E-state index contributed by atoms with van der Waals surface area (Å²) >= 11 is 1.02. The van der Waals surface area contributed by atoms with Gasteiger partial charge < -0.3 is 10.1 Å². The number of para-hydroxylation sites is 2. The number of thioether (sulfide) groups is 1. The Balaban J connectivity index is 1.55. The van der Waals surface area contributed by atoms with Gasteiger partial charge in [0.05, 0.1) is 39.2 Å². The van der Waals surface area contributed by atoms with Crippen LogP contribution in [0.4, 0.5) is 24.5 Å². The van der Waals surface area contributed by atoms with Crippen LogP contribution in [0.25, 0.3) is 11.0 Å². The molecular weight excluding hydrogens is 453 g/mol. The molecule has 0 atom stereocenters. The molecule has 0 radical (unpaired) electrons. The molecule has 0 bridgehead atoms. The van der Waals surface area contributed by atoms with Gasteiger partial charge in [0.2, 0.25) is 0 Å². The van der Waals surface area contributed by atoms with E-state index >= 15 is 0 Å². The number of fused-ring (bicyclic) bond motifs is 1. The van der Waals surface area contributed by atoms with Gasteiger partial charge in [-0.25, -0.2) is 4.98 Å². The zero-order chi connectivity index (χ0) is 23.3. The van der Waals surface area contributed by atoms with Gasteiger partial charge in [-0.05, 0) is 18.2 Å². The van der Waals surface area contributed by atoms with E-state index in [0.29, 0.717) is 22.1 Å². The van der Waals surface area contributed by atoms with Crippen LogP contribution in [0, 0.1) is 10.1 Å². The number of carbonyl (C=O) groups is 2. The van der Waals surface area contributed by atoms with Gasteiger partial charge in [-0.3, -0.25) is 24.7 Å². The van der Waals surface area contributed by atoms with Crippen molar-refractivity contribution in [3.05, 3.63) is 64.3 Å². The van der Waals surface area contributed by atoms with E-state index in [4.69, 9.17) is 4.74 Å². The SMILES string of the molecule is O=C(COC(=O)CSc1cnc2ccccc2n1)Nc1ccc([N+](=O)[O-])cc1C(F)(F)F. The lowest BCUT2D eigenvalue weighted by molar-refractivity contribution is -0.385. The van der Waals surface area contributed by atoms with Crippen molar-refractivity contribution in [3.63, 3.8) is 0 Å². The van der Waals surface area contributed by atoms with Gasteiger partial charge >= 0.3 is 12.1 Å². The highest BCUT2D eigenvalue weighted by Gasteiger charge is 2.35. The number of hydrogen-bond acceptors (Lipinski definition) is 8. The van der Waals surface area contributed by atoms with Gasteiger partial charge in [-0.2, -0.15) is 13.2 Å². The molecule has 1 heterocycles. The molecule has 0 aliphatic carbocycles. The lowest BCUT2D eigenvalue weighted by Gasteiger charge is -2.13. The summed E-state index contributed by atoms with van der Waals surface area (Å²) in [5.41, 5.74) is -1.55. The molecule has 0 saturated heterocycles. The Morgan fingerprint density at radius 2 is 1.88 bits per heavy atom. The zero-order valence-corrected chi connectivity index (χ0v) is 16.8. The minimum atomic E-state index is -4.94. The highest BCUT2D eigenvalue weighted by Crippen LogP contribution is 2.37. The van der Waals surface area contributed by atoms with Crippen LogP contribution < -0.4 is 5.32 Å². The summed E-state index contributed by atoms with van der Waals surface area (Å²) in [6.07, 6.45) is -3.47. The first-order chi connectivity index (χ1) is 15.1. The van der Waals surface area contributed by atoms with Gasteiger partial charge in [0.25, 0.3) is 11.6 Å². The molecule has 0 fully saturated rings. The van der Waals surface area contributed by atoms with E-state index in [2.05, 4.69) is 9.97 Å². The minimum absolute atomic E-state index is 0.203. The molecule has 2 aromatic carbocycles. The Labute approximate surface area is 182 Å². The molecule has 0 saturated carbocycles. The Hall–Kier alpha value is -3.74. The molecule has 3 rings (SSSR count). The average molecular weight is 466 g/mol. The molecule has 1 aromatic heterocycles. The van der Waals surface area contributed by atoms with Crippen LogP contribution in [-0.4, -0.2) is 39.1 Å². The maximum Gasteiger partial charge on any atom is 0.418 e. The predicted octanol–water partition coefficient (Wildman–Crippen LogP) is 3.83. The van der Waals surface area contributed by atoms with Crippen molar-refractivity contribution in [1.82, 2.24) is 9.97 Å². The van der Waals surface area contributed by atoms with E-state index in [-0.39, 0.29) is 5.75 Å². The minimum Gasteiger partial charge on any atom is -0.455 e. The molecule has 0 aliphatic heterocycles. The number of hydrogen-bond donors (Lipinski definition) is 1. The molecule has 13 heteroatoms. The second-order valence-corrected chi connectivity index (χ2v) is 7.17. The van der Waals surface area contributed by atoms with Crippen LogP contribution in [0.5, 0.6) is 0 Å². The molecule has 0 spiro atoms. The molecular formula is C19H13F3N4O5S. The fourth-order valence-electron chi connectivity index (χ4n) is 2.51. The summed E-state index contributed by atoms with van der Waals surface area (Å²) in [6, 6.07) is 9.01. The fraction of sp³-hybridized carbons (Fsp3) is 0.158. The number of carbonyl (C=O) groups excluding carboxylic acids is 2. The maximum atomic E-state index is 13.1. The number of esters is 1. The van der Waals surface area contributed by atoms with Crippen molar-refractivity contribution in [3.8, 4) is 0 Å².